The van der Waals surface area contributed by atoms with E-state index in [1.807, 2.05) is 6.26 Å². The molecule has 0 spiro atoms. The molecule has 0 saturated heterocycles. The third-order valence-corrected chi connectivity index (χ3v) is 1.39. The van der Waals surface area contributed by atoms with Gasteiger partial charge in [-0.05, 0) is 6.26 Å². The highest BCUT2D eigenvalue weighted by Crippen LogP contribution is 1.85. The van der Waals surface area contributed by atoms with Gasteiger partial charge in [0.1, 0.15) is 0 Å². The molecule has 0 aromatic rings. The SMILES string of the molecule is CSCCNCC(N)=O. The second kappa shape index (κ2) is 5.91. The fourth-order valence-electron chi connectivity index (χ4n) is 0.386. The summed E-state index contributed by atoms with van der Waals surface area (Å²) in [6, 6.07) is 0. The van der Waals surface area contributed by atoms with Crippen LogP contribution in [0, 0.1) is 0 Å². The summed E-state index contributed by atoms with van der Waals surface area (Å²) in [4.78, 5) is 10.1. The zero-order chi connectivity index (χ0) is 7.11. The molecule has 0 bridgehead atoms. The lowest BCUT2D eigenvalue weighted by Gasteiger charge is -1.97. The van der Waals surface area contributed by atoms with Gasteiger partial charge in [0.15, 0.2) is 0 Å². The average Bonchev–Trinajstić information content (AvgIpc) is 1.80. The van der Waals surface area contributed by atoms with Crippen LogP contribution < -0.4 is 11.1 Å². The summed E-state index contributed by atoms with van der Waals surface area (Å²) in [6.45, 7) is 1.14. The van der Waals surface area contributed by atoms with Crippen LogP contribution in [-0.2, 0) is 4.79 Å². The van der Waals surface area contributed by atoms with Crippen LogP contribution in [0.2, 0.25) is 0 Å². The minimum Gasteiger partial charge on any atom is -0.369 e. The van der Waals surface area contributed by atoms with Gasteiger partial charge in [0, 0.05) is 12.3 Å². The molecule has 9 heavy (non-hydrogen) atoms. The molecule has 0 heterocycles. The van der Waals surface area contributed by atoms with Gasteiger partial charge in [-0.2, -0.15) is 11.8 Å². The van der Waals surface area contributed by atoms with Crippen molar-refractivity contribution in [2.24, 2.45) is 5.73 Å². The standard InChI is InChI=1S/C5H12N2OS/c1-9-3-2-7-4-5(6)8/h7H,2-4H2,1H3,(H2,6,8). The smallest absolute Gasteiger partial charge is 0.231 e. The molecule has 3 nitrogen and oxygen atoms in total. The van der Waals surface area contributed by atoms with Crippen molar-refractivity contribution in [2.45, 2.75) is 0 Å². The fraction of sp³-hybridized carbons (Fsp3) is 0.800. The molecule has 0 aliphatic carbocycles. The molecule has 0 aromatic carbocycles. The monoisotopic (exact) mass is 148 g/mol. The maximum atomic E-state index is 10.1. The Hall–Kier alpha value is -0.220. The van der Waals surface area contributed by atoms with Crippen LogP contribution in [0.1, 0.15) is 0 Å². The molecule has 3 N–H and O–H groups in total. The van der Waals surface area contributed by atoms with E-state index >= 15 is 0 Å². The molecule has 0 aromatic heterocycles. The molecule has 0 unspecified atom stereocenters. The minimum absolute atomic E-state index is 0.292. The number of hydrogen-bond acceptors (Lipinski definition) is 3. The molecule has 0 aliphatic rings. The topological polar surface area (TPSA) is 55.1 Å². The Balaban J connectivity index is 2.83. The normalized spacial score (nSPS) is 9.44. The first-order chi connectivity index (χ1) is 4.27. The second-order valence-electron chi connectivity index (χ2n) is 1.64. The van der Waals surface area contributed by atoms with Crippen LogP contribution in [0.5, 0.6) is 0 Å². The van der Waals surface area contributed by atoms with Gasteiger partial charge in [-0.25, -0.2) is 0 Å². The second-order valence-corrected chi connectivity index (χ2v) is 2.62. The summed E-state index contributed by atoms with van der Waals surface area (Å²) in [5.74, 6) is 0.726. The van der Waals surface area contributed by atoms with Crippen molar-refractivity contribution in [3.8, 4) is 0 Å². The first kappa shape index (κ1) is 8.78. The van der Waals surface area contributed by atoms with E-state index < -0.39 is 0 Å². The summed E-state index contributed by atoms with van der Waals surface area (Å²) in [6.07, 6.45) is 2.02. The number of thioether (sulfide) groups is 1. The molecule has 0 atom stereocenters. The van der Waals surface area contributed by atoms with Gasteiger partial charge < -0.3 is 11.1 Å². The third kappa shape index (κ3) is 7.78. The van der Waals surface area contributed by atoms with E-state index in [0.29, 0.717) is 6.54 Å². The Morgan fingerprint density at radius 2 is 2.44 bits per heavy atom. The van der Waals surface area contributed by atoms with Crippen LogP contribution in [0.4, 0.5) is 0 Å². The zero-order valence-electron chi connectivity index (χ0n) is 5.52. The summed E-state index contributed by atoms with van der Waals surface area (Å²) in [5, 5.41) is 2.89. The van der Waals surface area contributed by atoms with E-state index in [-0.39, 0.29) is 5.91 Å². The number of amides is 1. The van der Waals surface area contributed by atoms with Gasteiger partial charge in [0.25, 0.3) is 0 Å². The number of nitrogens with one attached hydrogen (secondary N) is 1. The van der Waals surface area contributed by atoms with E-state index in [9.17, 15) is 4.79 Å². The number of carbonyl (C=O) groups excluding carboxylic acids is 1. The number of hydrogen-bond donors (Lipinski definition) is 2. The molecule has 0 fully saturated rings. The Labute approximate surface area is 59.4 Å². The molecule has 0 rings (SSSR count). The van der Waals surface area contributed by atoms with E-state index in [1.165, 1.54) is 0 Å². The van der Waals surface area contributed by atoms with Crippen LogP contribution in [0.3, 0.4) is 0 Å². The molecule has 4 heteroatoms. The minimum atomic E-state index is -0.295. The van der Waals surface area contributed by atoms with Crippen molar-refractivity contribution in [2.75, 3.05) is 25.1 Å². The highest BCUT2D eigenvalue weighted by molar-refractivity contribution is 7.98. The predicted octanol–water partition coefficient (Wildman–Crippen LogP) is -0.576. The maximum Gasteiger partial charge on any atom is 0.231 e. The summed E-state index contributed by atoms with van der Waals surface area (Å²) in [7, 11) is 0. The Morgan fingerprint density at radius 1 is 1.78 bits per heavy atom. The lowest BCUT2D eigenvalue weighted by Crippen LogP contribution is -2.29. The lowest BCUT2D eigenvalue weighted by molar-refractivity contribution is -0.117. The van der Waals surface area contributed by atoms with Crippen LogP contribution in [-0.4, -0.2) is 31.0 Å². The van der Waals surface area contributed by atoms with Crippen molar-refractivity contribution < 1.29 is 4.79 Å². The van der Waals surface area contributed by atoms with Gasteiger partial charge in [-0.15, -0.1) is 0 Å². The molecule has 0 radical (unpaired) electrons. The van der Waals surface area contributed by atoms with Crippen LogP contribution in [0.25, 0.3) is 0 Å². The average molecular weight is 148 g/mol. The summed E-state index contributed by atoms with van der Waals surface area (Å²) >= 11 is 1.74. The van der Waals surface area contributed by atoms with E-state index in [4.69, 9.17) is 5.73 Å². The number of carbonyl (C=O) groups is 1. The van der Waals surface area contributed by atoms with E-state index in [0.717, 1.165) is 12.3 Å². The van der Waals surface area contributed by atoms with Crippen molar-refractivity contribution in [1.82, 2.24) is 5.32 Å². The Morgan fingerprint density at radius 3 is 2.89 bits per heavy atom. The molecule has 0 saturated carbocycles. The fourth-order valence-corrected chi connectivity index (χ4v) is 0.734. The van der Waals surface area contributed by atoms with Gasteiger partial charge >= 0.3 is 0 Å². The van der Waals surface area contributed by atoms with Gasteiger partial charge in [0.05, 0.1) is 6.54 Å². The van der Waals surface area contributed by atoms with E-state index in [1.54, 1.807) is 11.8 Å². The molecule has 1 amide bonds. The molecular formula is C5H12N2OS. The lowest BCUT2D eigenvalue weighted by atomic mass is 10.6. The number of rotatable bonds is 5. The Bertz CT molecular complexity index is 87.0. The third-order valence-electron chi connectivity index (χ3n) is 0.782. The van der Waals surface area contributed by atoms with Crippen LogP contribution >= 0.6 is 11.8 Å². The summed E-state index contributed by atoms with van der Waals surface area (Å²) in [5.41, 5.74) is 4.87. The first-order valence-corrected chi connectivity index (χ1v) is 4.14. The van der Waals surface area contributed by atoms with Crippen molar-refractivity contribution in [3.63, 3.8) is 0 Å². The quantitative estimate of drug-likeness (QED) is 0.513. The Kier molecular flexibility index (Phi) is 5.76. The number of nitrogens with two attached hydrogens (primary N) is 1. The molecule has 0 aliphatic heterocycles. The van der Waals surface area contributed by atoms with Crippen LogP contribution in [0.15, 0.2) is 0 Å². The first-order valence-electron chi connectivity index (χ1n) is 2.75. The highest BCUT2D eigenvalue weighted by Gasteiger charge is 1.89. The van der Waals surface area contributed by atoms with Gasteiger partial charge in [-0.1, -0.05) is 0 Å². The highest BCUT2D eigenvalue weighted by atomic mass is 32.2. The zero-order valence-corrected chi connectivity index (χ0v) is 6.33. The van der Waals surface area contributed by atoms with Crippen molar-refractivity contribution >= 4 is 17.7 Å². The summed E-state index contributed by atoms with van der Waals surface area (Å²) < 4.78 is 0. The molecular weight excluding hydrogens is 136 g/mol. The largest absolute Gasteiger partial charge is 0.369 e. The predicted molar refractivity (Wildman–Crippen MR) is 40.4 cm³/mol. The van der Waals surface area contributed by atoms with Gasteiger partial charge in [-0.3, -0.25) is 4.79 Å². The maximum absolute atomic E-state index is 10.1. The van der Waals surface area contributed by atoms with Gasteiger partial charge in [0.2, 0.25) is 5.91 Å². The van der Waals surface area contributed by atoms with Crippen molar-refractivity contribution in [3.05, 3.63) is 0 Å². The van der Waals surface area contributed by atoms with Crippen molar-refractivity contribution in [1.29, 1.82) is 0 Å². The molecule has 54 valence electrons. The van der Waals surface area contributed by atoms with E-state index in [2.05, 4.69) is 5.32 Å². The number of primary amides is 1.